The van der Waals surface area contributed by atoms with Crippen LogP contribution in [0.5, 0.6) is 0 Å². The lowest BCUT2D eigenvalue weighted by molar-refractivity contribution is 0.0970. The molecule has 2 rings (SSSR count). The van der Waals surface area contributed by atoms with Crippen molar-refractivity contribution in [1.82, 2.24) is 4.57 Å². The van der Waals surface area contributed by atoms with Crippen LogP contribution in [-0.4, -0.2) is 10.4 Å². The summed E-state index contributed by atoms with van der Waals surface area (Å²) in [6.07, 6.45) is 4.59. The SMILES string of the molecule is CCCC(C)Cn1c2c(ccc1=O)C(=O)CCC2. The number of pyridine rings is 1. The minimum Gasteiger partial charge on any atom is -0.312 e. The highest BCUT2D eigenvalue weighted by Crippen LogP contribution is 2.20. The second-order valence-electron chi connectivity index (χ2n) is 5.31. The summed E-state index contributed by atoms with van der Waals surface area (Å²) in [6.45, 7) is 5.06. The van der Waals surface area contributed by atoms with Gasteiger partial charge in [0.05, 0.1) is 0 Å². The molecule has 98 valence electrons. The Morgan fingerprint density at radius 3 is 2.78 bits per heavy atom. The average Bonchev–Trinajstić information content (AvgIpc) is 2.33. The van der Waals surface area contributed by atoms with E-state index in [4.69, 9.17) is 0 Å². The van der Waals surface area contributed by atoms with E-state index < -0.39 is 0 Å². The fourth-order valence-corrected chi connectivity index (χ4v) is 2.79. The van der Waals surface area contributed by atoms with Crippen LogP contribution < -0.4 is 5.56 Å². The molecule has 0 amide bonds. The van der Waals surface area contributed by atoms with Crippen LogP contribution >= 0.6 is 0 Å². The number of carbonyl (C=O) groups excluding carboxylic acids is 1. The normalized spacial score (nSPS) is 16.4. The number of nitrogens with zero attached hydrogens (tertiary/aromatic N) is 1. The van der Waals surface area contributed by atoms with Crippen molar-refractivity contribution in [3.05, 3.63) is 33.7 Å². The Kier molecular flexibility index (Phi) is 4.00. The molecule has 1 aromatic heterocycles. The van der Waals surface area contributed by atoms with Crippen LogP contribution in [0.1, 0.15) is 55.6 Å². The zero-order chi connectivity index (χ0) is 13.1. The van der Waals surface area contributed by atoms with E-state index in [0.29, 0.717) is 12.3 Å². The lowest BCUT2D eigenvalue weighted by Crippen LogP contribution is -2.29. The number of carbonyl (C=O) groups is 1. The molecule has 3 heteroatoms. The first kappa shape index (κ1) is 13.1. The van der Waals surface area contributed by atoms with Gasteiger partial charge in [0, 0.05) is 30.3 Å². The first-order valence-corrected chi connectivity index (χ1v) is 6.89. The van der Waals surface area contributed by atoms with Crippen LogP contribution in [0.2, 0.25) is 0 Å². The second-order valence-corrected chi connectivity index (χ2v) is 5.31. The molecular weight excluding hydrogens is 226 g/mol. The maximum atomic E-state index is 12.0. The Bertz CT molecular complexity index is 502. The van der Waals surface area contributed by atoms with Gasteiger partial charge in [0.25, 0.3) is 5.56 Å². The molecule has 1 atom stereocenters. The Morgan fingerprint density at radius 1 is 1.28 bits per heavy atom. The van der Waals surface area contributed by atoms with Crippen LogP contribution in [0.4, 0.5) is 0 Å². The molecule has 0 aromatic carbocycles. The number of rotatable bonds is 4. The molecule has 0 bridgehead atoms. The second kappa shape index (κ2) is 5.51. The molecular formula is C15H21NO2. The number of hydrogen-bond donors (Lipinski definition) is 0. The molecule has 1 aromatic rings. The van der Waals surface area contributed by atoms with Crippen LogP contribution in [-0.2, 0) is 13.0 Å². The average molecular weight is 247 g/mol. The monoisotopic (exact) mass is 247 g/mol. The van der Waals surface area contributed by atoms with Gasteiger partial charge in [-0.3, -0.25) is 9.59 Å². The maximum absolute atomic E-state index is 12.0. The van der Waals surface area contributed by atoms with Gasteiger partial charge in [-0.1, -0.05) is 20.3 Å². The van der Waals surface area contributed by atoms with E-state index >= 15 is 0 Å². The van der Waals surface area contributed by atoms with E-state index in [2.05, 4.69) is 13.8 Å². The van der Waals surface area contributed by atoms with Crippen molar-refractivity contribution in [2.24, 2.45) is 5.92 Å². The van der Waals surface area contributed by atoms with Gasteiger partial charge in [-0.15, -0.1) is 0 Å². The molecule has 0 fully saturated rings. The highest BCUT2D eigenvalue weighted by atomic mass is 16.1. The van der Waals surface area contributed by atoms with Crippen molar-refractivity contribution in [3.63, 3.8) is 0 Å². The smallest absolute Gasteiger partial charge is 0.250 e. The standard InChI is InChI=1S/C15H21NO2/c1-3-5-11(2)10-16-13-6-4-7-14(17)12(13)8-9-15(16)18/h8-9,11H,3-7,10H2,1-2H3. The van der Waals surface area contributed by atoms with E-state index in [1.165, 1.54) is 0 Å². The molecule has 1 aliphatic rings. The Balaban J connectivity index is 2.37. The fraction of sp³-hybridized carbons (Fsp3) is 0.600. The van der Waals surface area contributed by atoms with Gasteiger partial charge in [0.2, 0.25) is 0 Å². The van der Waals surface area contributed by atoms with Gasteiger partial charge in [-0.05, 0) is 31.2 Å². The first-order chi connectivity index (χ1) is 8.63. The third-order valence-corrected chi connectivity index (χ3v) is 3.69. The van der Waals surface area contributed by atoms with E-state index in [1.54, 1.807) is 12.1 Å². The zero-order valence-corrected chi connectivity index (χ0v) is 11.2. The summed E-state index contributed by atoms with van der Waals surface area (Å²) in [6, 6.07) is 3.25. The highest BCUT2D eigenvalue weighted by Gasteiger charge is 2.21. The van der Waals surface area contributed by atoms with Crippen molar-refractivity contribution in [2.75, 3.05) is 0 Å². The molecule has 0 radical (unpaired) electrons. The lowest BCUT2D eigenvalue weighted by Gasteiger charge is -2.22. The van der Waals surface area contributed by atoms with E-state index in [9.17, 15) is 9.59 Å². The summed E-state index contributed by atoms with van der Waals surface area (Å²) >= 11 is 0. The lowest BCUT2D eigenvalue weighted by atomic mass is 9.94. The third-order valence-electron chi connectivity index (χ3n) is 3.69. The molecule has 18 heavy (non-hydrogen) atoms. The van der Waals surface area contributed by atoms with Crippen molar-refractivity contribution in [1.29, 1.82) is 0 Å². The molecule has 1 unspecified atom stereocenters. The van der Waals surface area contributed by atoms with Gasteiger partial charge < -0.3 is 4.57 Å². The van der Waals surface area contributed by atoms with Crippen LogP contribution in [0.3, 0.4) is 0 Å². The predicted molar refractivity (Wildman–Crippen MR) is 72.0 cm³/mol. The molecule has 0 aliphatic heterocycles. The quantitative estimate of drug-likeness (QED) is 0.820. The van der Waals surface area contributed by atoms with Gasteiger partial charge in [-0.2, -0.15) is 0 Å². The largest absolute Gasteiger partial charge is 0.312 e. The minimum atomic E-state index is 0.0337. The Morgan fingerprint density at radius 2 is 2.06 bits per heavy atom. The predicted octanol–water partition coefficient (Wildman–Crippen LogP) is 2.80. The van der Waals surface area contributed by atoms with E-state index in [-0.39, 0.29) is 11.3 Å². The fourth-order valence-electron chi connectivity index (χ4n) is 2.79. The van der Waals surface area contributed by atoms with Crippen LogP contribution in [0, 0.1) is 5.92 Å². The van der Waals surface area contributed by atoms with Crippen molar-refractivity contribution in [3.8, 4) is 0 Å². The number of Topliss-reactive ketones (excluding diaryl/α,β-unsaturated/α-hetero) is 1. The van der Waals surface area contributed by atoms with Crippen molar-refractivity contribution < 1.29 is 4.79 Å². The van der Waals surface area contributed by atoms with Gasteiger partial charge in [-0.25, -0.2) is 0 Å². The van der Waals surface area contributed by atoms with Crippen molar-refractivity contribution >= 4 is 5.78 Å². The molecule has 1 aliphatic carbocycles. The first-order valence-electron chi connectivity index (χ1n) is 6.89. The van der Waals surface area contributed by atoms with E-state index in [0.717, 1.165) is 43.5 Å². The van der Waals surface area contributed by atoms with Crippen molar-refractivity contribution in [2.45, 2.75) is 52.5 Å². The Labute approximate surface area is 108 Å². The maximum Gasteiger partial charge on any atom is 0.250 e. The molecule has 1 heterocycles. The summed E-state index contributed by atoms with van der Waals surface area (Å²) in [5.41, 5.74) is 1.76. The van der Waals surface area contributed by atoms with E-state index in [1.807, 2.05) is 4.57 Å². The summed E-state index contributed by atoms with van der Waals surface area (Å²) < 4.78 is 1.83. The molecule has 0 spiro atoms. The molecule has 0 N–H and O–H groups in total. The Hall–Kier alpha value is -1.38. The summed E-state index contributed by atoms with van der Waals surface area (Å²) in [7, 11) is 0. The van der Waals surface area contributed by atoms with Gasteiger partial charge in [0.15, 0.2) is 5.78 Å². The molecule has 3 nitrogen and oxygen atoms in total. The molecule has 0 saturated carbocycles. The summed E-state index contributed by atoms with van der Waals surface area (Å²) in [5, 5.41) is 0. The number of ketones is 1. The number of fused-ring (bicyclic) bond motifs is 1. The summed E-state index contributed by atoms with van der Waals surface area (Å²) in [4.78, 5) is 23.8. The summed E-state index contributed by atoms with van der Waals surface area (Å²) in [5.74, 6) is 0.671. The van der Waals surface area contributed by atoms with Gasteiger partial charge >= 0.3 is 0 Å². The zero-order valence-electron chi connectivity index (χ0n) is 11.2. The molecule has 0 saturated heterocycles. The number of hydrogen-bond acceptors (Lipinski definition) is 2. The highest BCUT2D eigenvalue weighted by molar-refractivity contribution is 5.97. The minimum absolute atomic E-state index is 0.0337. The van der Waals surface area contributed by atoms with Crippen LogP contribution in [0.25, 0.3) is 0 Å². The van der Waals surface area contributed by atoms with Crippen LogP contribution in [0.15, 0.2) is 16.9 Å². The topological polar surface area (TPSA) is 39.1 Å². The number of aromatic nitrogens is 1. The van der Waals surface area contributed by atoms with Gasteiger partial charge in [0.1, 0.15) is 0 Å². The third kappa shape index (κ3) is 2.55.